The van der Waals surface area contributed by atoms with Crippen molar-refractivity contribution in [3.63, 3.8) is 0 Å². The quantitative estimate of drug-likeness (QED) is 0.0954. The van der Waals surface area contributed by atoms with Gasteiger partial charge in [0.05, 0.1) is 0 Å². The summed E-state index contributed by atoms with van der Waals surface area (Å²) in [4.78, 5) is 2.38. The minimum absolute atomic E-state index is 0.239. The summed E-state index contributed by atoms with van der Waals surface area (Å²) in [6, 6.07) is 34.4. The first-order chi connectivity index (χ1) is 27.8. The summed E-state index contributed by atoms with van der Waals surface area (Å²) >= 11 is 0. The van der Waals surface area contributed by atoms with Crippen LogP contribution in [0, 0.1) is 11.3 Å². The van der Waals surface area contributed by atoms with Gasteiger partial charge >= 0.3 is 0 Å². The van der Waals surface area contributed by atoms with Gasteiger partial charge in [-0.2, -0.15) is 0 Å². The van der Waals surface area contributed by atoms with Crippen LogP contribution in [0.4, 0.5) is 28.4 Å². The van der Waals surface area contributed by atoms with Crippen LogP contribution in [0.25, 0.3) is 5.57 Å². The minimum atomic E-state index is -0.257. The predicted molar refractivity (Wildman–Crippen MR) is 260 cm³/mol. The molecule has 0 saturated carbocycles. The third-order valence-corrected chi connectivity index (χ3v) is 11.2. The molecule has 0 aliphatic rings. The zero-order valence-corrected chi connectivity index (χ0v) is 39.2. The van der Waals surface area contributed by atoms with Gasteiger partial charge in [0.25, 0.3) is 0 Å². The summed E-state index contributed by atoms with van der Waals surface area (Å²) in [6.45, 7) is 36.0. The summed E-state index contributed by atoms with van der Waals surface area (Å²) in [5, 5.41) is 30.0. The van der Waals surface area contributed by atoms with Crippen molar-refractivity contribution in [3.8, 4) is 11.5 Å². The summed E-state index contributed by atoms with van der Waals surface area (Å²) in [6.07, 6.45) is 2.31. The average molecular weight is 808 g/mol. The van der Waals surface area contributed by atoms with Crippen molar-refractivity contribution in [2.45, 2.75) is 139 Å². The van der Waals surface area contributed by atoms with Crippen LogP contribution in [0.2, 0.25) is 0 Å². The SMILES string of the molecule is C=C(C)c1cc(CN(Cc2cc(C(C)(C)C)c(O)c(C(C)(C)C)c2)c2ccc(Nc3ccc(Nc4ccc(CC(C)CC(C)(C)C)cc4)cc3)cc2)cc(C(C)(C)C)c1O. The van der Waals surface area contributed by atoms with E-state index in [0.717, 1.165) is 73.8 Å². The van der Waals surface area contributed by atoms with E-state index in [2.05, 4.69) is 209 Å². The second-order valence-corrected chi connectivity index (χ2v) is 21.6. The number of hydrogen-bond acceptors (Lipinski definition) is 5. The Hall–Kier alpha value is -5.16. The van der Waals surface area contributed by atoms with Crippen LogP contribution in [0.5, 0.6) is 11.5 Å². The predicted octanol–water partition coefficient (Wildman–Crippen LogP) is 15.3. The average Bonchev–Trinajstić information content (AvgIpc) is 3.12. The third-order valence-electron chi connectivity index (χ3n) is 11.2. The number of phenolic OH excluding ortho intramolecular Hbond substituents is 2. The maximum absolute atomic E-state index is 11.5. The Morgan fingerprint density at radius 2 is 0.917 bits per heavy atom. The second kappa shape index (κ2) is 17.8. The summed E-state index contributed by atoms with van der Waals surface area (Å²) < 4.78 is 0. The number of aromatic hydroxyl groups is 2. The van der Waals surface area contributed by atoms with Gasteiger partial charge < -0.3 is 25.7 Å². The Balaban J connectivity index is 1.40. The highest BCUT2D eigenvalue weighted by Crippen LogP contribution is 2.41. The Labute approximate surface area is 363 Å². The molecule has 4 N–H and O–H groups in total. The molecule has 5 nitrogen and oxygen atoms in total. The fraction of sp³-hybridized carbons (Fsp3) is 0.418. The molecule has 0 spiro atoms. The normalized spacial score (nSPS) is 12.9. The Morgan fingerprint density at radius 3 is 1.30 bits per heavy atom. The molecular formula is C55H73N3O2. The lowest BCUT2D eigenvalue weighted by molar-refractivity contribution is 0.306. The molecule has 1 unspecified atom stereocenters. The molecule has 0 saturated heterocycles. The van der Waals surface area contributed by atoms with Crippen molar-refractivity contribution < 1.29 is 10.2 Å². The van der Waals surface area contributed by atoms with E-state index in [4.69, 9.17) is 0 Å². The van der Waals surface area contributed by atoms with Crippen molar-refractivity contribution in [2.75, 3.05) is 15.5 Å². The molecule has 5 rings (SSSR count). The van der Waals surface area contributed by atoms with E-state index in [0.29, 0.717) is 35.9 Å². The molecule has 0 fully saturated rings. The van der Waals surface area contributed by atoms with E-state index in [-0.39, 0.29) is 16.2 Å². The largest absolute Gasteiger partial charge is 0.507 e. The highest BCUT2D eigenvalue weighted by molar-refractivity contribution is 5.71. The van der Waals surface area contributed by atoms with Crippen molar-refractivity contribution in [1.29, 1.82) is 0 Å². The molecule has 1 atom stereocenters. The van der Waals surface area contributed by atoms with Gasteiger partial charge in [0.2, 0.25) is 0 Å². The molecule has 5 heteroatoms. The summed E-state index contributed by atoms with van der Waals surface area (Å²) in [7, 11) is 0. The molecule has 0 radical (unpaired) electrons. The highest BCUT2D eigenvalue weighted by Gasteiger charge is 2.28. The first kappa shape index (κ1) is 45.9. The molecule has 5 aromatic carbocycles. The van der Waals surface area contributed by atoms with Gasteiger partial charge in [-0.05, 0) is 166 Å². The number of rotatable bonds is 13. The lowest BCUT2D eigenvalue weighted by Crippen LogP contribution is -2.24. The number of anilines is 5. The molecule has 0 amide bonds. The van der Waals surface area contributed by atoms with Gasteiger partial charge in [-0.15, -0.1) is 0 Å². The summed E-state index contributed by atoms with van der Waals surface area (Å²) in [5.74, 6) is 1.34. The molecule has 0 aromatic heterocycles. The first-order valence-electron chi connectivity index (χ1n) is 21.7. The standard InChI is InChI=1S/C55H73N3O2/c1-36(2)46-29-39(30-47(50(46)59)53(7,8)9)34-58(35-40-31-48(54(10,11)12)51(60)49(32-40)55(13,14)15)45-26-24-44(25-27-45)57-43-22-20-42(21-23-43)56-41-18-16-38(17-19-41)28-37(3)33-52(4,5)6/h16-27,29-32,37,56-57,59-60H,1,28,33-35H2,2-15H3. The molecule has 0 heterocycles. The number of benzene rings is 5. The van der Waals surface area contributed by atoms with Gasteiger partial charge in [-0.1, -0.05) is 109 Å². The molecule has 0 aliphatic carbocycles. The lowest BCUT2D eigenvalue weighted by Gasteiger charge is -2.31. The zero-order valence-electron chi connectivity index (χ0n) is 39.2. The van der Waals surface area contributed by atoms with Crippen LogP contribution < -0.4 is 15.5 Å². The van der Waals surface area contributed by atoms with E-state index in [1.54, 1.807) is 0 Å². The smallest absolute Gasteiger partial charge is 0.126 e. The summed E-state index contributed by atoms with van der Waals surface area (Å²) in [5.41, 5.74) is 12.8. The fourth-order valence-electron chi connectivity index (χ4n) is 8.26. The number of nitrogens with zero attached hydrogens (tertiary/aromatic N) is 1. The molecule has 5 aromatic rings. The molecule has 0 bridgehead atoms. The van der Waals surface area contributed by atoms with E-state index < -0.39 is 0 Å². The maximum Gasteiger partial charge on any atom is 0.126 e. The monoisotopic (exact) mass is 808 g/mol. The molecule has 60 heavy (non-hydrogen) atoms. The Bertz CT molecular complexity index is 2200. The number of nitrogens with one attached hydrogen (secondary N) is 2. The Morgan fingerprint density at radius 1 is 0.550 bits per heavy atom. The molecule has 0 aliphatic heterocycles. The number of allylic oxidation sites excluding steroid dienone is 1. The lowest BCUT2D eigenvalue weighted by atomic mass is 9.78. The fourth-order valence-corrected chi connectivity index (χ4v) is 8.26. The van der Waals surface area contributed by atoms with Crippen molar-refractivity contribution in [2.24, 2.45) is 11.3 Å². The number of hydrogen-bond donors (Lipinski definition) is 4. The highest BCUT2D eigenvalue weighted by atomic mass is 16.3. The van der Waals surface area contributed by atoms with Gasteiger partial charge in [0.15, 0.2) is 0 Å². The minimum Gasteiger partial charge on any atom is -0.507 e. The van der Waals surface area contributed by atoms with Crippen LogP contribution in [-0.4, -0.2) is 10.2 Å². The van der Waals surface area contributed by atoms with Crippen molar-refractivity contribution in [1.82, 2.24) is 0 Å². The molecule has 320 valence electrons. The third kappa shape index (κ3) is 12.2. The van der Waals surface area contributed by atoms with Crippen molar-refractivity contribution in [3.05, 3.63) is 143 Å². The maximum atomic E-state index is 11.5. The van der Waals surface area contributed by atoms with Gasteiger partial charge in [0.1, 0.15) is 11.5 Å². The molecular weight excluding hydrogens is 735 g/mol. The van der Waals surface area contributed by atoms with Crippen molar-refractivity contribution >= 4 is 34.0 Å². The van der Waals surface area contributed by atoms with Crippen LogP contribution in [0.15, 0.2) is 104 Å². The van der Waals surface area contributed by atoms with Gasteiger partial charge in [-0.3, -0.25) is 0 Å². The van der Waals surface area contributed by atoms with E-state index >= 15 is 0 Å². The topological polar surface area (TPSA) is 67.8 Å². The van der Waals surface area contributed by atoms with E-state index in [1.807, 2.05) is 6.92 Å². The van der Waals surface area contributed by atoms with Gasteiger partial charge in [0, 0.05) is 52.7 Å². The zero-order chi connectivity index (χ0) is 44.4. The van der Waals surface area contributed by atoms with E-state index in [1.165, 1.54) is 12.0 Å². The van der Waals surface area contributed by atoms with Crippen LogP contribution >= 0.6 is 0 Å². The number of phenols is 2. The van der Waals surface area contributed by atoms with Crippen LogP contribution in [0.3, 0.4) is 0 Å². The van der Waals surface area contributed by atoms with Crippen LogP contribution in [0.1, 0.15) is 142 Å². The second-order valence-electron chi connectivity index (χ2n) is 21.6. The van der Waals surface area contributed by atoms with Crippen LogP contribution in [-0.2, 0) is 35.8 Å². The first-order valence-corrected chi connectivity index (χ1v) is 21.7. The van der Waals surface area contributed by atoms with E-state index in [9.17, 15) is 10.2 Å². The van der Waals surface area contributed by atoms with Gasteiger partial charge in [-0.25, -0.2) is 0 Å². The Kier molecular flexibility index (Phi) is 13.6.